The van der Waals surface area contributed by atoms with Crippen molar-refractivity contribution in [3.63, 3.8) is 0 Å². The number of hydrogen-bond acceptors (Lipinski definition) is 6. The Hall–Kier alpha value is -1.80. The first-order valence-electron chi connectivity index (χ1n) is 5.87. The van der Waals surface area contributed by atoms with Crippen molar-refractivity contribution >= 4 is 21.7 Å². The molecule has 1 rings (SSSR count). The van der Waals surface area contributed by atoms with E-state index in [1.54, 1.807) is 6.92 Å². The summed E-state index contributed by atoms with van der Waals surface area (Å²) in [5.74, 6) is -0.363. The molecule has 1 aromatic carbocycles. The van der Waals surface area contributed by atoms with Crippen LogP contribution in [-0.4, -0.2) is 46.0 Å². The molecule has 0 bridgehead atoms. The van der Waals surface area contributed by atoms with Crippen LogP contribution in [0.3, 0.4) is 0 Å². The number of hydrogen-bond donors (Lipinski definition) is 1. The molecule has 0 aliphatic carbocycles. The van der Waals surface area contributed by atoms with Crippen LogP contribution in [0, 0.1) is 0 Å². The molecule has 0 fully saturated rings. The third kappa shape index (κ3) is 3.40. The Morgan fingerprint density at radius 3 is 2.50 bits per heavy atom. The lowest BCUT2D eigenvalue weighted by molar-refractivity contribution is -0.140. The van der Waals surface area contributed by atoms with E-state index in [0.29, 0.717) is 5.69 Å². The molecule has 1 aromatic rings. The molecular weight excluding hydrogens is 284 g/mol. The second kappa shape index (κ2) is 6.58. The summed E-state index contributed by atoms with van der Waals surface area (Å²) in [5.41, 5.74) is 5.98. The highest BCUT2D eigenvalue weighted by Gasteiger charge is 2.26. The first-order chi connectivity index (χ1) is 9.36. The Morgan fingerprint density at radius 1 is 1.35 bits per heavy atom. The van der Waals surface area contributed by atoms with Crippen molar-refractivity contribution < 1.29 is 22.7 Å². The number of sulfonamides is 1. The lowest BCUT2D eigenvalue weighted by Crippen LogP contribution is -2.36. The first kappa shape index (κ1) is 16.3. The molecule has 0 saturated heterocycles. The van der Waals surface area contributed by atoms with Crippen LogP contribution in [0.2, 0.25) is 0 Å². The monoisotopic (exact) mass is 302 g/mol. The van der Waals surface area contributed by atoms with Gasteiger partial charge in [0.2, 0.25) is 10.0 Å². The first-order valence-corrected chi connectivity index (χ1v) is 7.31. The molecule has 0 aliphatic heterocycles. The Morgan fingerprint density at radius 2 is 2.00 bits per heavy atom. The number of likely N-dealkylation sites (N-methyl/N-ethyl adjacent to an activating group) is 1. The van der Waals surface area contributed by atoms with E-state index in [2.05, 4.69) is 4.74 Å². The normalized spacial score (nSPS) is 11.4. The van der Waals surface area contributed by atoms with Gasteiger partial charge in [-0.2, -0.15) is 4.31 Å². The molecule has 7 nitrogen and oxygen atoms in total. The van der Waals surface area contributed by atoms with Gasteiger partial charge in [0.1, 0.15) is 12.3 Å². The zero-order valence-corrected chi connectivity index (χ0v) is 12.4. The lowest BCUT2D eigenvalue weighted by atomic mass is 10.3. The van der Waals surface area contributed by atoms with Crippen LogP contribution < -0.4 is 10.5 Å². The van der Waals surface area contributed by atoms with E-state index in [9.17, 15) is 13.2 Å². The average molecular weight is 302 g/mol. The highest BCUT2D eigenvalue weighted by Crippen LogP contribution is 2.26. The zero-order chi connectivity index (χ0) is 15.3. The van der Waals surface area contributed by atoms with Crippen LogP contribution in [0.15, 0.2) is 23.1 Å². The topological polar surface area (TPSA) is 98.9 Å². The van der Waals surface area contributed by atoms with Crippen LogP contribution >= 0.6 is 0 Å². The number of rotatable bonds is 6. The number of carbonyl (C=O) groups is 1. The Bertz CT molecular complexity index is 586. The number of esters is 1. The van der Waals surface area contributed by atoms with Gasteiger partial charge in [0.15, 0.2) is 0 Å². The second-order valence-electron chi connectivity index (χ2n) is 3.91. The van der Waals surface area contributed by atoms with Gasteiger partial charge in [-0.05, 0) is 12.1 Å². The van der Waals surface area contributed by atoms with E-state index < -0.39 is 16.0 Å². The lowest BCUT2D eigenvalue weighted by Gasteiger charge is -2.19. The van der Waals surface area contributed by atoms with Gasteiger partial charge >= 0.3 is 5.97 Å². The number of nitrogen functional groups attached to an aromatic ring is 1. The van der Waals surface area contributed by atoms with Gasteiger partial charge in [-0.25, -0.2) is 8.42 Å². The predicted molar refractivity (Wildman–Crippen MR) is 73.9 cm³/mol. The molecule has 0 saturated carbocycles. The second-order valence-corrected chi connectivity index (χ2v) is 5.85. The molecule has 0 amide bonds. The Balaban J connectivity index is 3.17. The van der Waals surface area contributed by atoms with E-state index >= 15 is 0 Å². The summed E-state index contributed by atoms with van der Waals surface area (Å²) in [6, 6.07) is 4.13. The molecule has 0 heterocycles. The van der Waals surface area contributed by atoms with Crippen molar-refractivity contribution in [3.05, 3.63) is 18.2 Å². The van der Waals surface area contributed by atoms with Gasteiger partial charge in [-0.3, -0.25) is 4.79 Å². The molecule has 2 N–H and O–H groups in total. The minimum Gasteiger partial charge on any atom is -0.495 e. The number of benzene rings is 1. The van der Waals surface area contributed by atoms with Gasteiger partial charge in [-0.15, -0.1) is 0 Å². The fourth-order valence-corrected chi connectivity index (χ4v) is 2.99. The van der Waals surface area contributed by atoms with Crippen molar-refractivity contribution in [1.29, 1.82) is 0 Å². The highest BCUT2D eigenvalue weighted by molar-refractivity contribution is 7.89. The van der Waals surface area contributed by atoms with E-state index in [4.69, 9.17) is 10.5 Å². The molecule has 0 aromatic heterocycles. The summed E-state index contributed by atoms with van der Waals surface area (Å²) in [6.45, 7) is 1.43. The van der Waals surface area contributed by atoms with Crippen molar-refractivity contribution in [2.75, 3.05) is 33.0 Å². The minimum absolute atomic E-state index is 0.00861. The summed E-state index contributed by atoms with van der Waals surface area (Å²) in [5, 5.41) is 0. The van der Waals surface area contributed by atoms with Crippen molar-refractivity contribution in [2.45, 2.75) is 11.8 Å². The molecule has 8 heteroatoms. The zero-order valence-electron chi connectivity index (χ0n) is 11.6. The van der Waals surface area contributed by atoms with Gasteiger partial charge in [0.25, 0.3) is 0 Å². The maximum atomic E-state index is 12.4. The fourth-order valence-electron chi connectivity index (χ4n) is 1.58. The SMILES string of the molecule is CCN(CC(=O)OC)S(=O)(=O)c1ccc(N)c(OC)c1. The summed E-state index contributed by atoms with van der Waals surface area (Å²) in [7, 11) is -1.21. The number of nitrogens with two attached hydrogens (primary N) is 1. The van der Waals surface area contributed by atoms with Gasteiger partial charge in [0, 0.05) is 12.6 Å². The number of ether oxygens (including phenoxy) is 2. The number of methoxy groups -OCH3 is 2. The Kier molecular flexibility index (Phi) is 5.34. The number of anilines is 1. The van der Waals surface area contributed by atoms with Gasteiger partial charge in [0.05, 0.1) is 24.8 Å². The largest absolute Gasteiger partial charge is 0.495 e. The van der Waals surface area contributed by atoms with Crippen molar-refractivity contribution in [3.8, 4) is 5.75 Å². The van der Waals surface area contributed by atoms with E-state index in [0.717, 1.165) is 4.31 Å². The molecule has 0 atom stereocenters. The maximum absolute atomic E-state index is 12.4. The summed E-state index contributed by atoms with van der Waals surface area (Å²) < 4.78 is 35.3. The van der Waals surface area contributed by atoms with Crippen LogP contribution in [0.1, 0.15) is 6.92 Å². The quantitative estimate of drug-likeness (QED) is 0.605. The molecule has 0 radical (unpaired) electrons. The summed E-state index contributed by atoms with van der Waals surface area (Å²) >= 11 is 0. The van der Waals surface area contributed by atoms with Crippen LogP contribution in [0.5, 0.6) is 5.75 Å². The smallest absolute Gasteiger partial charge is 0.321 e. The van der Waals surface area contributed by atoms with E-state index in [1.165, 1.54) is 32.4 Å². The number of nitrogens with zero attached hydrogens (tertiary/aromatic N) is 1. The van der Waals surface area contributed by atoms with Gasteiger partial charge < -0.3 is 15.2 Å². The molecule has 0 unspecified atom stereocenters. The highest BCUT2D eigenvalue weighted by atomic mass is 32.2. The fraction of sp³-hybridized carbons (Fsp3) is 0.417. The third-order valence-corrected chi connectivity index (χ3v) is 4.65. The molecule has 0 aliphatic rings. The Labute approximate surface area is 118 Å². The molecule has 0 spiro atoms. The summed E-state index contributed by atoms with van der Waals surface area (Å²) in [4.78, 5) is 11.3. The van der Waals surface area contributed by atoms with Crippen molar-refractivity contribution in [1.82, 2.24) is 4.31 Å². The minimum atomic E-state index is -3.81. The number of carbonyl (C=O) groups excluding carboxylic acids is 1. The van der Waals surface area contributed by atoms with Crippen molar-refractivity contribution in [2.24, 2.45) is 0 Å². The van der Waals surface area contributed by atoms with Gasteiger partial charge in [-0.1, -0.05) is 6.92 Å². The standard InChI is InChI=1S/C12H18N2O5S/c1-4-14(8-12(15)19-3)20(16,17)9-5-6-10(13)11(7-9)18-2/h5-7H,4,8,13H2,1-3H3. The maximum Gasteiger partial charge on any atom is 0.321 e. The van der Waals surface area contributed by atoms with E-state index in [-0.39, 0.29) is 23.7 Å². The summed E-state index contributed by atoms with van der Waals surface area (Å²) in [6.07, 6.45) is 0. The third-order valence-electron chi connectivity index (χ3n) is 2.73. The average Bonchev–Trinajstić information content (AvgIpc) is 2.44. The van der Waals surface area contributed by atoms with Crippen LogP contribution in [0.4, 0.5) is 5.69 Å². The van der Waals surface area contributed by atoms with E-state index in [1.807, 2.05) is 0 Å². The molecule has 20 heavy (non-hydrogen) atoms. The van der Waals surface area contributed by atoms with Crippen LogP contribution in [-0.2, 0) is 19.6 Å². The molecular formula is C12H18N2O5S. The molecule has 112 valence electrons. The predicted octanol–water partition coefficient (Wildman–Crippen LogP) is 0.461. The van der Waals surface area contributed by atoms with Crippen LogP contribution in [0.25, 0.3) is 0 Å².